The monoisotopic (exact) mass is 259 g/mol. The number of carbonyl (C=O) groups excluding carboxylic acids is 1. The lowest BCUT2D eigenvalue weighted by molar-refractivity contribution is 0.0540. The van der Waals surface area contributed by atoms with Gasteiger partial charge in [0.1, 0.15) is 5.60 Å². The minimum absolute atomic E-state index is 0.431. The molecule has 5 heteroatoms. The summed E-state index contributed by atoms with van der Waals surface area (Å²) in [6.07, 6.45) is 2.66. The fraction of sp³-hybridized carbons (Fsp3) is 0.286. The standard InChI is InChI=1S/C14H17N3O2/c1-14(2,3)19-13(18)17-10-9-15-12(17)16-11-7-5-4-6-8-11/h4-10H,1-3H3,(H,15,16). The normalized spacial score (nSPS) is 11.1. The van der Waals surface area contributed by atoms with Gasteiger partial charge in [0.05, 0.1) is 0 Å². The van der Waals surface area contributed by atoms with E-state index < -0.39 is 11.7 Å². The number of rotatable bonds is 2. The van der Waals surface area contributed by atoms with Gasteiger partial charge in [0.15, 0.2) is 0 Å². The molecule has 0 aliphatic carbocycles. The lowest BCUT2D eigenvalue weighted by Gasteiger charge is -2.20. The molecule has 1 heterocycles. The maximum absolute atomic E-state index is 12.0. The molecule has 0 atom stereocenters. The van der Waals surface area contributed by atoms with Crippen LogP contribution in [0.1, 0.15) is 20.8 Å². The zero-order valence-electron chi connectivity index (χ0n) is 11.3. The SMILES string of the molecule is CC(C)(C)OC(=O)n1ccnc1Nc1ccccc1. The molecule has 0 radical (unpaired) electrons. The number of hydrogen-bond acceptors (Lipinski definition) is 4. The molecule has 2 rings (SSSR count). The molecule has 100 valence electrons. The number of hydrogen-bond donors (Lipinski definition) is 1. The zero-order valence-corrected chi connectivity index (χ0v) is 11.3. The Bertz CT molecular complexity index is 556. The minimum Gasteiger partial charge on any atom is -0.443 e. The number of anilines is 2. The van der Waals surface area contributed by atoms with E-state index in [4.69, 9.17) is 4.74 Å². The van der Waals surface area contributed by atoms with E-state index in [0.717, 1.165) is 5.69 Å². The number of aromatic nitrogens is 2. The summed E-state index contributed by atoms with van der Waals surface area (Å²) in [5.41, 5.74) is 0.323. The first-order valence-electron chi connectivity index (χ1n) is 6.04. The number of nitrogens with one attached hydrogen (secondary N) is 1. The molecular weight excluding hydrogens is 242 g/mol. The Hall–Kier alpha value is -2.30. The summed E-state index contributed by atoms with van der Waals surface area (Å²) in [6, 6.07) is 9.53. The first kappa shape index (κ1) is 13.1. The molecule has 0 unspecified atom stereocenters. The van der Waals surface area contributed by atoms with Gasteiger partial charge in [-0.3, -0.25) is 0 Å². The van der Waals surface area contributed by atoms with Crippen LogP contribution in [0.3, 0.4) is 0 Å². The number of para-hydroxylation sites is 1. The average Bonchev–Trinajstić information content (AvgIpc) is 2.76. The van der Waals surface area contributed by atoms with Gasteiger partial charge < -0.3 is 10.1 Å². The van der Waals surface area contributed by atoms with Crippen LogP contribution in [-0.4, -0.2) is 21.2 Å². The molecule has 0 saturated carbocycles. The number of carbonyl (C=O) groups is 1. The molecule has 2 aromatic rings. The van der Waals surface area contributed by atoms with Gasteiger partial charge in [-0.15, -0.1) is 0 Å². The molecule has 0 saturated heterocycles. The first-order chi connectivity index (χ1) is 8.96. The molecule has 0 amide bonds. The molecule has 0 aliphatic rings. The summed E-state index contributed by atoms with van der Waals surface area (Å²) in [6.45, 7) is 5.48. The second kappa shape index (κ2) is 5.14. The Labute approximate surface area is 112 Å². The van der Waals surface area contributed by atoms with Crippen LogP contribution in [0.5, 0.6) is 0 Å². The van der Waals surface area contributed by atoms with Crippen LogP contribution in [0, 0.1) is 0 Å². The molecular formula is C14H17N3O2. The Balaban J connectivity index is 2.16. The molecule has 0 aliphatic heterocycles. The number of ether oxygens (including phenoxy) is 1. The highest BCUT2D eigenvalue weighted by Crippen LogP contribution is 2.16. The zero-order chi connectivity index (χ0) is 13.9. The smallest absolute Gasteiger partial charge is 0.421 e. The van der Waals surface area contributed by atoms with E-state index in [1.807, 2.05) is 51.1 Å². The van der Waals surface area contributed by atoms with E-state index in [0.29, 0.717) is 5.95 Å². The molecule has 1 N–H and O–H groups in total. The lowest BCUT2D eigenvalue weighted by atomic mass is 10.2. The predicted octanol–water partition coefficient (Wildman–Crippen LogP) is 3.41. The first-order valence-corrected chi connectivity index (χ1v) is 6.04. The summed E-state index contributed by atoms with van der Waals surface area (Å²) >= 11 is 0. The Morgan fingerprint density at radius 1 is 1.26 bits per heavy atom. The van der Waals surface area contributed by atoms with Gasteiger partial charge in [-0.05, 0) is 32.9 Å². The van der Waals surface area contributed by atoms with Gasteiger partial charge >= 0.3 is 6.09 Å². The fourth-order valence-corrected chi connectivity index (χ4v) is 1.50. The minimum atomic E-state index is -0.536. The van der Waals surface area contributed by atoms with E-state index in [1.165, 1.54) is 4.57 Å². The maximum Gasteiger partial charge on any atom is 0.421 e. The van der Waals surface area contributed by atoms with Gasteiger partial charge in [0, 0.05) is 18.1 Å². The van der Waals surface area contributed by atoms with Crippen molar-refractivity contribution in [1.82, 2.24) is 9.55 Å². The summed E-state index contributed by atoms with van der Waals surface area (Å²) in [7, 11) is 0. The van der Waals surface area contributed by atoms with Crippen molar-refractivity contribution in [3.8, 4) is 0 Å². The topological polar surface area (TPSA) is 56.2 Å². The van der Waals surface area contributed by atoms with Crippen LogP contribution in [0.4, 0.5) is 16.4 Å². The summed E-state index contributed by atoms with van der Waals surface area (Å²) in [5.74, 6) is 0.431. The van der Waals surface area contributed by atoms with Crippen molar-refractivity contribution >= 4 is 17.7 Å². The largest absolute Gasteiger partial charge is 0.443 e. The maximum atomic E-state index is 12.0. The Kier molecular flexibility index (Phi) is 3.55. The Morgan fingerprint density at radius 3 is 2.58 bits per heavy atom. The van der Waals surface area contributed by atoms with Crippen LogP contribution < -0.4 is 5.32 Å². The third kappa shape index (κ3) is 3.58. The average molecular weight is 259 g/mol. The van der Waals surface area contributed by atoms with Crippen molar-refractivity contribution in [2.24, 2.45) is 0 Å². The summed E-state index contributed by atoms with van der Waals surface area (Å²) < 4.78 is 6.65. The van der Waals surface area contributed by atoms with Gasteiger partial charge in [-0.25, -0.2) is 14.3 Å². The summed E-state index contributed by atoms with van der Waals surface area (Å²) in [4.78, 5) is 16.1. The number of nitrogens with zero attached hydrogens (tertiary/aromatic N) is 2. The van der Waals surface area contributed by atoms with E-state index in [9.17, 15) is 4.79 Å². The van der Waals surface area contributed by atoms with Crippen molar-refractivity contribution in [3.05, 3.63) is 42.7 Å². The molecule has 5 nitrogen and oxygen atoms in total. The van der Waals surface area contributed by atoms with Crippen molar-refractivity contribution in [2.75, 3.05) is 5.32 Å². The molecule has 19 heavy (non-hydrogen) atoms. The van der Waals surface area contributed by atoms with Crippen LogP contribution in [-0.2, 0) is 4.74 Å². The van der Waals surface area contributed by atoms with Gasteiger partial charge in [0.25, 0.3) is 0 Å². The Morgan fingerprint density at radius 2 is 1.95 bits per heavy atom. The summed E-state index contributed by atoms with van der Waals surface area (Å²) in [5, 5.41) is 3.07. The van der Waals surface area contributed by atoms with Gasteiger partial charge in [-0.2, -0.15) is 0 Å². The second-order valence-electron chi connectivity index (χ2n) is 5.09. The highest BCUT2D eigenvalue weighted by atomic mass is 16.6. The van der Waals surface area contributed by atoms with Crippen molar-refractivity contribution in [2.45, 2.75) is 26.4 Å². The second-order valence-corrected chi connectivity index (χ2v) is 5.09. The van der Waals surface area contributed by atoms with Gasteiger partial charge in [-0.1, -0.05) is 18.2 Å². The predicted molar refractivity (Wildman–Crippen MR) is 73.6 cm³/mol. The number of benzene rings is 1. The fourth-order valence-electron chi connectivity index (χ4n) is 1.50. The van der Waals surface area contributed by atoms with E-state index in [2.05, 4.69) is 10.3 Å². The van der Waals surface area contributed by atoms with E-state index in [-0.39, 0.29) is 0 Å². The lowest BCUT2D eigenvalue weighted by Crippen LogP contribution is -2.27. The van der Waals surface area contributed by atoms with Crippen molar-refractivity contribution in [1.29, 1.82) is 0 Å². The molecule has 1 aromatic carbocycles. The van der Waals surface area contributed by atoms with Crippen LogP contribution in [0.15, 0.2) is 42.7 Å². The van der Waals surface area contributed by atoms with E-state index >= 15 is 0 Å². The van der Waals surface area contributed by atoms with Crippen molar-refractivity contribution in [3.63, 3.8) is 0 Å². The third-order valence-corrected chi connectivity index (χ3v) is 2.26. The highest BCUT2D eigenvalue weighted by molar-refractivity contribution is 5.75. The molecule has 0 spiro atoms. The molecule has 1 aromatic heterocycles. The van der Waals surface area contributed by atoms with Crippen LogP contribution in [0.2, 0.25) is 0 Å². The van der Waals surface area contributed by atoms with Crippen LogP contribution >= 0.6 is 0 Å². The van der Waals surface area contributed by atoms with Crippen LogP contribution in [0.25, 0.3) is 0 Å². The molecule has 0 bridgehead atoms. The van der Waals surface area contributed by atoms with Gasteiger partial charge in [0.2, 0.25) is 5.95 Å². The number of imidazole rings is 1. The molecule has 0 fully saturated rings. The van der Waals surface area contributed by atoms with E-state index in [1.54, 1.807) is 12.4 Å². The highest BCUT2D eigenvalue weighted by Gasteiger charge is 2.19. The third-order valence-electron chi connectivity index (χ3n) is 2.26. The quantitative estimate of drug-likeness (QED) is 0.898. The van der Waals surface area contributed by atoms with Crippen molar-refractivity contribution < 1.29 is 9.53 Å².